The number of nitrogens with one attached hydrogen (secondary N) is 1. The van der Waals surface area contributed by atoms with Gasteiger partial charge >= 0.3 is 0 Å². The number of likely N-dealkylation sites (tertiary alicyclic amines) is 1. The lowest BCUT2D eigenvalue weighted by atomic mass is 10.1. The van der Waals surface area contributed by atoms with E-state index in [-0.39, 0.29) is 11.8 Å². The lowest BCUT2D eigenvalue weighted by molar-refractivity contribution is -0.121. The molecule has 1 fully saturated rings. The van der Waals surface area contributed by atoms with E-state index in [0.29, 0.717) is 0 Å². The number of nitrogens with zero attached hydrogens (tertiary/aromatic N) is 2. The Hall–Kier alpha value is -1.62. The van der Waals surface area contributed by atoms with Crippen LogP contribution < -0.4 is 11.1 Å². The molecule has 1 aromatic rings. The highest BCUT2D eigenvalue weighted by Gasteiger charge is 2.26. The Labute approximate surface area is 114 Å². The van der Waals surface area contributed by atoms with Crippen LogP contribution in [0.5, 0.6) is 0 Å². The van der Waals surface area contributed by atoms with E-state index in [2.05, 4.69) is 28.2 Å². The fourth-order valence-electron chi connectivity index (χ4n) is 2.38. The second kappa shape index (κ2) is 6.52. The SMILES string of the molecule is CCCNc1ccnc(CN2CCC(C(N)=O)C2)c1. The van der Waals surface area contributed by atoms with E-state index in [1.54, 1.807) is 0 Å². The number of carbonyl (C=O) groups excluding carboxylic acids is 1. The van der Waals surface area contributed by atoms with Gasteiger partial charge < -0.3 is 11.1 Å². The average Bonchev–Trinajstić information content (AvgIpc) is 2.85. The quantitative estimate of drug-likeness (QED) is 0.808. The summed E-state index contributed by atoms with van der Waals surface area (Å²) in [6.45, 7) is 5.57. The molecule has 0 bridgehead atoms. The van der Waals surface area contributed by atoms with Gasteiger partial charge in [0, 0.05) is 31.5 Å². The minimum Gasteiger partial charge on any atom is -0.385 e. The molecule has 1 aliphatic heterocycles. The molecular formula is C14H22N4O. The monoisotopic (exact) mass is 262 g/mol. The minimum atomic E-state index is -0.186. The summed E-state index contributed by atoms with van der Waals surface area (Å²) in [5, 5.41) is 3.35. The second-order valence-corrected chi connectivity index (χ2v) is 5.09. The summed E-state index contributed by atoms with van der Waals surface area (Å²) >= 11 is 0. The van der Waals surface area contributed by atoms with Crippen molar-refractivity contribution in [3.8, 4) is 0 Å². The molecular weight excluding hydrogens is 240 g/mol. The van der Waals surface area contributed by atoms with Crippen LogP contribution in [0, 0.1) is 5.92 Å². The lowest BCUT2D eigenvalue weighted by Gasteiger charge is -2.15. The first-order valence-electron chi connectivity index (χ1n) is 6.89. The third kappa shape index (κ3) is 3.92. The molecule has 1 aliphatic rings. The number of rotatable bonds is 6. The van der Waals surface area contributed by atoms with Crippen molar-refractivity contribution in [2.75, 3.05) is 25.0 Å². The molecule has 2 rings (SSSR count). The van der Waals surface area contributed by atoms with Crippen molar-refractivity contribution in [3.63, 3.8) is 0 Å². The van der Waals surface area contributed by atoms with Gasteiger partial charge in [0.05, 0.1) is 11.6 Å². The van der Waals surface area contributed by atoms with E-state index in [1.165, 1.54) is 0 Å². The standard InChI is InChI=1S/C14H22N4O/c1-2-5-16-12-3-6-17-13(8-12)10-18-7-4-11(9-18)14(15)19/h3,6,8,11H,2,4-5,7,9-10H2,1H3,(H2,15,19)(H,16,17). The first-order chi connectivity index (χ1) is 9.19. The fraction of sp³-hybridized carbons (Fsp3) is 0.571. The van der Waals surface area contributed by atoms with Gasteiger partial charge in [0.25, 0.3) is 0 Å². The third-order valence-electron chi connectivity index (χ3n) is 3.46. The zero-order valence-electron chi connectivity index (χ0n) is 11.4. The Kier molecular flexibility index (Phi) is 4.74. The highest BCUT2D eigenvalue weighted by atomic mass is 16.1. The number of amides is 1. The van der Waals surface area contributed by atoms with Gasteiger partial charge in [-0.15, -0.1) is 0 Å². The third-order valence-corrected chi connectivity index (χ3v) is 3.46. The Morgan fingerprint density at radius 2 is 2.47 bits per heavy atom. The van der Waals surface area contributed by atoms with Crippen LogP contribution in [0.1, 0.15) is 25.5 Å². The average molecular weight is 262 g/mol. The maximum Gasteiger partial charge on any atom is 0.221 e. The molecule has 1 atom stereocenters. The smallest absolute Gasteiger partial charge is 0.221 e. The first-order valence-corrected chi connectivity index (χ1v) is 6.89. The summed E-state index contributed by atoms with van der Waals surface area (Å²) in [7, 11) is 0. The topological polar surface area (TPSA) is 71.2 Å². The molecule has 19 heavy (non-hydrogen) atoms. The number of aromatic nitrogens is 1. The Morgan fingerprint density at radius 1 is 1.63 bits per heavy atom. The maximum atomic E-state index is 11.1. The maximum absolute atomic E-state index is 11.1. The molecule has 5 heteroatoms. The summed E-state index contributed by atoms with van der Waals surface area (Å²) in [6.07, 6.45) is 3.79. The molecule has 0 radical (unpaired) electrons. The Bertz CT molecular complexity index is 435. The van der Waals surface area contributed by atoms with Crippen LogP contribution in [0.25, 0.3) is 0 Å². The fourth-order valence-corrected chi connectivity index (χ4v) is 2.38. The van der Waals surface area contributed by atoms with Crippen molar-refractivity contribution in [1.82, 2.24) is 9.88 Å². The number of primary amides is 1. The number of nitrogens with two attached hydrogens (primary N) is 1. The zero-order valence-corrected chi connectivity index (χ0v) is 11.4. The molecule has 2 heterocycles. The van der Waals surface area contributed by atoms with E-state index in [0.717, 1.165) is 50.4 Å². The van der Waals surface area contributed by atoms with E-state index < -0.39 is 0 Å². The highest BCUT2D eigenvalue weighted by molar-refractivity contribution is 5.77. The number of carbonyl (C=O) groups is 1. The van der Waals surface area contributed by atoms with E-state index >= 15 is 0 Å². The summed E-state index contributed by atoms with van der Waals surface area (Å²) < 4.78 is 0. The molecule has 0 aliphatic carbocycles. The summed E-state index contributed by atoms with van der Waals surface area (Å²) in [6, 6.07) is 4.06. The van der Waals surface area contributed by atoms with Crippen LogP contribution in [0.2, 0.25) is 0 Å². The highest BCUT2D eigenvalue weighted by Crippen LogP contribution is 2.18. The summed E-state index contributed by atoms with van der Waals surface area (Å²) in [4.78, 5) is 17.8. The predicted molar refractivity (Wildman–Crippen MR) is 75.6 cm³/mol. The normalized spacial score (nSPS) is 19.5. The van der Waals surface area contributed by atoms with E-state index in [9.17, 15) is 4.79 Å². The summed E-state index contributed by atoms with van der Waals surface area (Å²) in [5.74, 6) is -0.185. The molecule has 104 valence electrons. The van der Waals surface area contributed by atoms with Crippen molar-refractivity contribution < 1.29 is 4.79 Å². The zero-order chi connectivity index (χ0) is 13.7. The van der Waals surface area contributed by atoms with Crippen molar-refractivity contribution >= 4 is 11.6 Å². The van der Waals surface area contributed by atoms with Gasteiger partial charge in [-0.05, 0) is 31.5 Å². The largest absolute Gasteiger partial charge is 0.385 e. The molecule has 0 spiro atoms. The van der Waals surface area contributed by atoms with E-state index in [1.807, 2.05) is 12.3 Å². The van der Waals surface area contributed by atoms with Gasteiger partial charge in [-0.1, -0.05) is 6.92 Å². The lowest BCUT2D eigenvalue weighted by Crippen LogP contribution is -2.27. The Balaban J connectivity index is 1.90. The summed E-state index contributed by atoms with van der Waals surface area (Å²) in [5.41, 5.74) is 7.48. The van der Waals surface area contributed by atoms with Crippen LogP contribution in [0.4, 0.5) is 5.69 Å². The van der Waals surface area contributed by atoms with Gasteiger partial charge in [-0.25, -0.2) is 0 Å². The molecule has 0 aromatic carbocycles. The number of pyridine rings is 1. The number of hydrogen-bond acceptors (Lipinski definition) is 4. The minimum absolute atomic E-state index is 0.00130. The van der Waals surface area contributed by atoms with Crippen molar-refractivity contribution in [2.45, 2.75) is 26.3 Å². The van der Waals surface area contributed by atoms with Crippen LogP contribution in [-0.4, -0.2) is 35.4 Å². The van der Waals surface area contributed by atoms with Crippen LogP contribution in [0.15, 0.2) is 18.3 Å². The van der Waals surface area contributed by atoms with Gasteiger partial charge in [-0.2, -0.15) is 0 Å². The van der Waals surface area contributed by atoms with Crippen molar-refractivity contribution in [2.24, 2.45) is 11.7 Å². The Morgan fingerprint density at radius 3 is 3.16 bits per heavy atom. The number of hydrogen-bond donors (Lipinski definition) is 2. The van der Waals surface area contributed by atoms with Crippen molar-refractivity contribution in [1.29, 1.82) is 0 Å². The first kappa shape index (κ1) is 13.8. The van der Waals surface area contributed by atoms with Gasteiger partial charge in [0.15, 0.2) is 0 Å². The van der Waals surface area contributed by atoms with Gasteiger partial charge in [0.1, 0.15) is 0 Å². The molecule has 1 amide bonds. The van der Waals surface area contributed by atoms with E-state index in [4.69, 9.17) is 5.73 Å². The number of anilines is 1. The molecule has 1 aromatic heterocycles. The molecule has 1 unspecified atom stereocenters. The van der Waals surface area contributed by atoms with Crippen LogP contribution >= 0.6 is 0 Å². The molecule has 0 saturated carbocycles. The van der Waals surface area contributed by atoms with Gasteiger partial charge in [-0.3, -0.25) is 14.7 Å². The second-order valence-electron chi connectivity index (χ2n) is 5.09. The molecule has 3 N–H and O–H groups in total. The van der Waals surface area contributed by atoms with Gasteiger partial charge in [0.2, 0.25) is 5.91 Å². The molecule has 5 nitrogen and oxygen atoms in total. The van der Waals surface area contributed by atoms with Crippen LogP contribution in [-0.2, 0) is 11.3 Å². The predicted octanol–water partition coefficient (Wildman–Crippen LogP) is 1.21. The van der Waals surface area contributed by atoms with Crippen molar-refractivity contribution in [3.05, 3.63) is 24.0 Å². The van der Waals surface area contributed by atoms with Crippen LogP contribution in [0.3, 0.4) is 0 Å². The molecule has 1 saturated heterocycles.